The van der Waals surface area contributed by atoms with Gasteiger partial charge in [-0.1, -0.05) is 42.5 Å². The minimum atomic E-state index is -3.64. The molecule has 1 aliphatic heterocycles. The maximum Gasteiger partial charge on any atom is 0.219 e. The second-order valence-corrected chi connectivity index (χ2v) is 7.72. The molecule has 24 heavy (non-hydrogen) atoms. The van der Waals surface area contributed by atoms with E-state index in [1.807, 2.05) is 30.3 Å². The van der Waals surface area contributed by atoms with Gasteiger partial charge in [-0.05, 0) is 23.3 Å². The van der Waals surface area contributed by atoms with Crippen LogP contribution in [0.5, 0.6) is 0 Å². The molecule has 128 valence electrons. The quantitative estimate of drug-likeness (QED) is 0.898. The van der Waals surface area contributed by atoms with Gasteiger partial charge in [0.1, 0.15) is 11.1 Å². The fourth-order valence-electron chi connectivity index (χ4n) is 2.86. The van der Waals surface area contributed by atoms with Gasteiger partial charge in [-0.3, -0.25) is 4.84 Å². The minimum absolute atomic E-state index is 0.0296. The number of sulfonamides is 1. The largest absolute Gasteiger partial charge is 0.297 e. The maximum absolute atomic E-state index is 13.5. The molecule has 5 nitrogen and oxygen atoms in total. The number of halogens is 1. The van der Waals surface area contributed by atoms with Crippen LogP contribution in [-0.2, 0) is 21.4 Å². The average molecular weight is 350 g/mol. The van der Waals surface area contributed by atoms with Crippen LogP contribution in [0.1, 0.15) is 17.2 Å². The van der Waals surface area contributed by atoms with Gasteiger partial charge in [0, 0.05) is 13.6 Å². The summed E-state index contributed by atoms with van der Waals surface area (Å²) in [6.07, 6.45) is 0. The van der Waals surface area contributed by atoms with Gasteiger partial charge >= 0.3 is 0 Å². The number of hydrogen-bond donors (Lipinski definition) is 1. The molecule has 1 aliphatic rings. The summed E-state index contributed by atoms with van der Waals surface area (Å²) < 4.78 is 41.6. The number of nitrogens with zero attached hydrogens (tertiary/aromatic N) is 1. The summed E-state index contributed by atoms with van der Waals surface area (Å²) in [5.41, 5.74) is 1.45. The first kappa shape index (κ1) is 17.0. The molecular weight excluding hydrogens is 331 g/mol. The van der Waals surface area contributed by atoms with Gasteiger partial charge in [0.2, 0.25) is 10.0 Å². The standard InChI is InChI=1S/C17H19FN2O3S/c1-20-17(14-8-5-9-15(18)10-14)16(12-23-20)24(21,22)19-11-13-6-3-2-4-7-13/h2-10,16-17,19H,11-12H2,1H3. The van der Waals surface area contributed by atoms with Gasteiger partial charge in [-0.2, -0.15) is 5.06 Å². The SMILES string of the molecule is CN1OCC(S(=O)(=O)NCc2ccccc2)C1c1cccc(F)c1. The number of nitrogens with one attached hydrogen (secondary N) is 1. The lowest BCUT2D eigenvalue weighted by atomic mass is 10.0. The number of rotatable bonds is 5. The molecule has 0 aromatic heterocycles. The van der Waals surface area contributed by atoms with Crippen LogP contribution in [0.25, 0.3) is 0 Å². The Labute approximate surface area is 141 Å². The highest BCUT2D eigenvalue weighted by atomic mass is 32.2. The highest BCUT2D eigenvalue weighted by molar-refractivity contribution is 7.90. The van der Waals surface area contributed by atoms with Crippen molar-refractivity contribution in [1.82, 2.24) is 9.79 Å². The molecule has 0 aliphatic carbocycles. The zero-order chi connectivity index (χ0) is 17.2. The fraction of sp³-hybridized carbons (Fsp3) is 0.294. The molecule has 0 bridgehead atoms. The van der Waals surface area contributed by atoms with Crippen LogP contribution in [0, 0.1) is 5.82 Å². The van der Waals surface area contributed by atoms with E-state index in [0.717, 1.165) is 5.56 Å². The lowest BCUT2D eigenvalue weighted by Crippen LogP contribution is -2.39. The average Bonchev–Trinajstić information content (AvgIpc) is 2.97. The summed E-state index contributed by atoms with van der Waals surface area (Å²) in [7, 11) is -1.99. The predicted molar refractivity (Wildman–Crippen MR) is 88.8 cm³/mol. The van der Waals surface area contributed by atoms with Gasteiger partial charge < -0.3 is 0 Å². The number of benzene rings is 2. The Balaban J connectivity index is 1.80. The van der Waals surface area contributed by atoms with E-state index in [-0.39, 0.29) is 13.2 Å². The van der Waals surface area contributed by atoms with Crippen molar-refractivity contribution in [2.24, 2.45) is 0 Å². The lowest BCUT2D eigenvalue weighted by molar-refractivity contribution is -0.110. The molecule has 1 fully saturated rings. The highest BCUT2D eigenvalue weighted by Gasteiger charge is 2.43. The van der Waals surface area contributed by atoms with E-state index in [4.69, 9.17) is 4.84 Å². The molecule has 2 aromatic rings. The van der Waals surface area contributed by atoms with Gasteiger partial charge in [-0.25, -0.2) is 17.5 Å². The predicted octanol–water partition coefficient (Wildman–Crippen LogP) is 2.23. The molecule has 1 heterocycles. The molecule has 0 spiro atoms. The van der Waals surface area contributed by atoms with Crippen LogP contribution in [-0.4, -0.2) is 32.4 Å². The summed E-state index contributed by atoms with van der Waals surface area (Å²) in [6.45, 7) is 0.237. The summed E-state index contributed by atoms with van der Waals surface area (Å²) in [5, 5.41) is 0.661. The van der Waals surface area contributed by atoms with Crippen LogP contribution in [0.2, 0.25) is 0 Å². The van der Waals surface area contributed by atoms with Gasteiger partial charge in [-0.15, -0.1) is 0 Å². The third kappa shape index (κ3) is 3.64. The zero-order valence-electron chi connectivity index (χ0n) is 13.2. The van der Waals surface area contributed by atoms with E-state index in [1.165, 1.54) is 17.2 Å². The minimum Gasteiger partial charge on any atom is -0.297 e. The Kier molecular flexibility index (Phi) is 4.96. The Bertz CT molecular complexity index is 798. The number of hydrogen-bond acceptors (Lipinski definition) is 4. The third-order valence-electron chi connectivity index (χ3n) is 4.10. The lowest BCUT2D eigenvalue weighted by Gasteiger charge is -2.23. The van der Waals surface area contributed by atoms with Crippen LogP contribution in [0.4, 0.5) is 4.39 Å². The van der Waals surface area contributed by atoms with E-state index in [9.17, 15) is 12.8 Å². The van der Waals surface area contributed by atoms with Crippen molar-refractivity contribution in [2.75, 3.05) is 13.7 Å². The highest BCUT2D eigenvalue weighted by Crippen LogP contribution is 2.33. The second kappa shape index (κ2) is 6.98. The molecule has 0 saturated carbocycles. The Morgan fingerprint density at radius 3 is 2.67 bits per heavy atom. The molecule has 3 rings (SSSR count). The fourth-order valence-corrected chi connectivity index (χ4v) is 4.35. The second-order valence-electron chi connectivity index (χ2n) is 5.73. The molecule has 2 unspecified atom stereocenters. The molecule has 2 atom stereocenters. The van der Waals surface area contributed by atoms with E-state index in [2.05, 4.69) is 4.72 Å². The van der Waals surface area contributed by atoms with Crippen LogP contribution in [0.15, 0.2) is 54.6 Å². The molecule has 7 heteroatoms. The Morgan fingerprint density at radius 1 is 1.21 bits per heavy atom. The summed E-state index contributed by atoms with van der Waals surface area (Å²) in [5.74, 6) is -0.402. The van der Waals surface area contributed by atoms with Crippen LogP contribution >= 0.6 is 0 Å². The molecule has 1 saturated heterocycles. The van der Waals surface area contributed by atoms with Gasteiger partial charge in [0.15, 0.2) is 0 Å². The molecule has 1 N–H and O–H groups in total. The maximum atomic E-state index is 13.5. The van der Waals surface area contributed by atoms with Crippen molar-refractivity contribution < 1.29 is 17.6 Å². The monoisotopic (exact) mass is 350 g/mol. The van der Waals surface area contributed by atoms with Crippen molar-refractivity contribution in [3.05, 3.63) is 71.5 Å². The smallest absolute Gasteiger partial charge is 0.219 e. The molecule has 2 aromatic carbocycles. The summed E-state index contributed by atoms with van der Waals surface area (Å²) in [6, 6.07) is 14.7. The van der Waals surface area contributed by atoms with Crippen LogP contribution in [0.3, 0.4) is 0 Å². The molecule has 0 amide bonds. The Hall–Kier alpha value is -1.80. The van der Waals surface area contributed by atoms with Crippen molar-refractivity contribution in [3.8, 4) is 0 Å². The topological polar surface area (TPSA) is 58.6 Å². The van der Waals surface area contributed by atoms with E-state index in [1.54, 1.807) is 19.2 Å². The van der Waals surface area contributed by atoms with Gasteiger partial charge in [0.05, 0.1) is 12.6 Å². The summed E-state index contributed by atoms with van der Waals surface area (Å²) in [4.78, 5) is 5.40. The molecule has 0 radical (unpaired) electrons. The van der Waals surface area contributed by atoms with Crippen molar-refractivity contribution in [1.29, 1.82) is 0 Å². The normalized spacial score (nSPS) is 21.9. The van der Waals surface area contributed by atoms with E-state index >= 15 is 0 Å². The number of hydroxylamine groups is 2. The first-order valence-corrected chi connectivity index (χ1v) is 9.15. The zero-order valence-corrected chi connectivity index (χ0v) is 14.0. The summed E-state index contributed by atoms with van der Waals surface area (Å²) >= 11 is 0. The van der Waals surface area contributed by atoms with E-state index < -0.39 is 27.1 Å². The Morgan fingerprint density at radius 2 is 1.96 bits per heavy atom. The van der Waals surface area contributed by atoms with Crippen LogP contribution < -0.4 is 4.72 Å². The van der Waals surface area contributed by atoms with Crippen molar-refractivity contribution in [3.63, 3.8) is 0 Å². The first-order valence-electron chi connectivity index (χ1n) is 7.61. The third-order valence-corrected chi connectivity index (χ3v) is 5.83. The van der Waals surface area contributed by atoms with Crippen molar-refractivity contribution >= 4 is 10.0 Å². The van der Waals surface area contributed by atoms with E-state index in [0.29, 0.717) is 5.56 Å². The van der Waals surface area contributed by atoms with Gasteiger partial charge in [0.25, 0.3) is 0 Å². The first-order chi connectivity index (χ1) is 11.5. The molecular formula is C17H19FN2O3S. The van der Waals surface area contributed by atoms with Crippen molar-refractivity contribution in [2.45, 2.75) is 17.8 Å².